The Hall–Kier alpha value is -2.17. The summed E-state index contributed by atoms with van der Waals surface area (Å²) in [6.07, 6.45) is 1.87. The first-order chi connectivity index (χ1) is 10.8. The maximum Gasteiger partial charge on any atom is 0.341 e. The van der Waals surface area contributed by atoms with Crippen LogP contribution in [0.1, 0.15) is 41.3 Å². The third-order valence-corrected chi connectivity index (χ3v) is 3.65. The number of rotatable bonds is 6. The molecule has 114 valence electrons. The number of carbonyl (C=O) groups excluding carboxylic acids is 1. The van der Waals surface area contributed by atoms with Gasteiger partial charge in [-0.05, 0) is 12.5 Å². The van der Waals surface area contributed by atoms with Gasteiger partial charge in [0.05, 0.1) is 12.2 Å². The van der Waals surface area contributed by atoms with Gasteiger partial charge in [-0.3, -0.25) is 0 Å². The van der Waals surface area contributed by atoms with Gasteiger partial charge in [0.15, 0.2) is 0 Å². The van der Waals surface area contributed by atoms with Crippen LogP contribution in [0.15, 0.2) is 54.6 Å². The van der Waals surface area contributed by atoms with Crippen LogP contribution in [-0.4, -0.2) is 12.6 Å². The summed E-state index contributed by atoms with van der Waals surface area (Å²) < 4.78 is 5.60. The summed E-state index contributed by atoms with van der Waals surface area (Å²) in [7, 11) is 0. The molecular weight excluding hydrogens is 280 g/mol. The molecule has 1 unspecified atom stereocenters. The molecule has 0 amide bonds. The second-order valence-electron chi connectivity index (χ2n) is 5.18. The van der Waals surface area contributed by atoms with Crippen molar-refractivity contribution >= 4 is 5.97 Å². The number of hydrogen-bond donors (Lipinski definition) is 0. The molecule has 22 heavy (non-hydrogen) atoms. The Morgan fingerprint density at radius 3 is 2.55 bits per heavy atom. The zero-order chi connectivity index (χ0) is 15.4. The third kappa shape index (κ3) is 2.51. The summed E-state index contributed by atoms with van der Waals surface area (Å²) in [4.78, 5) is 23.2. The van der Waals surface area contributed by atoms with E-state index < -0.39 is 11.8 Å². The van der Waals surface area contributed by atoms with Gasteiger partial charge in [0.1, 0.15) is 0 Å². The minimum atomic E-state index is -1.33. The molecule has 1 aliphatic rings. The van der Waals surface area contributed by atoms with E-state index in [4.69, 9.17) is 14.5 Å². The van der Waals surface area contributed by atoms with Crippen LogP contribution in [-0.2, 0) is 20.3 Å². The van der Waals surface area contributed by atoms with Gasteiger partial charge < -0.3 is 4.74 Å². The first-order valence-electron chi connectivity index (χ1n) is 7.47. The fourth-order valence-corrected chi connectivity index (χ4v) is 2.50. The molecule has 0 fully saturated rings. The molecule has 0 aromatic heterocycles. The van der Waals surface area contributed by atoms with Crippen molar-refractivity contribution in [3.63, 3.8) is 0 Å². The van der Waals surface area contributed by atoms with E-state index in [9.17, 15) is 4.79 Å². The summed E-state index contributed by atoms with van der Waals surface area (Å²) in [6, 6.07) is 16.6. The van der Waals surface area contributed by atoms with Gasteiger partial charge in [-0.2, -0.15) is 4.89 Å². The number of cyclic esters (lactones) is 1. The number of hydrogen-bond acceptors (Lipinski definition) is 4. The summed E-state index contributed by atoms with van der Waals surface area (Å²) in [5.41, 5.74) is 1.90. The number of carbonyl (C=O) groups is 1. The number of esters is 1. The summed E-state index contributed by atoms with van der Waals surface area (Å²) >= 11 is 0. The van der Waals surface area contributed by atoms with Crippen molar-refractivity contribution < 1.29 is 19.3 Å². The fourth-order valence-electron chi connectivity index (χ4n) is 2.50. The molecule has 0 aliphatic carbocycles. The van der Waals surface area contributed by atoms with Crippen molar-refractivity contribution in [2.75, 3.05) is 6.61 Å². The smallest absolute Gasteiger partial charge is 0.341 e. The van der Waals surface area contributed by atoms with Gasteiger partial charge >= 0.3 is 5.97 Å². The Labute approximate surface area is 129 Å². The molecule has 1 heterocycles. The van der Waals surface area contributed by atoms with Crippen molar-refractivity contribution in [3.05, 3.63) is 71.3 Å². The van der Waals surface area contributed by atoms with Gasteiger partial charge in [0.2, 0.25) is 0 Å². The highest BCUT2D eigenvalue weighted by atomic mass is 17.2. The van der Waals surface area contributed by atoms with Gasteiger partial charge in [-0.15, -0.1) is 0 Å². The third-order valence-electron chi connectivity index (χ3n) is 3.65. The predicted molar refractivity (Wildman–Crippen MR) is 81.0 cm³/mol. The summed E-state index contributed by atoms with van der Waals surface area (Å²) in [6.45, 7) is 2.52. The van der Waals surface area contributed by atoms with Crippen LogP contribution < -0.4 is 0 Å². The molecule has 0 N–H and O–H groups in total. The molecule has 2 aromatic rings. The highest BCUT2D eigenvalue weighted by Crippen LogP contribution is 2.42. The van der Waals surface area contributed by atoms with E-state index >= 15 is 0 Å². The van der Waals surface area contributed by atoms with Gasteiger partial charge in [0.25, 0.3) is 5.79 Å². The average Bonchev–Trinajstić information content (AvgIpc) is 2.87. The van der Waals surface area contributed by atoms with E-state index in [2.05, 4.69) is 6.92 Å². The molecular formula is C18H18O4. The fraction of sp³-hybridized carbons (Fsp3) is 0.278. The van der Waals surface area contributed by atoms with Crippen molar-refractivity contribution in [1.82, 2.24) is 0 Å². The SMILES string of the molecule is CCCCOOC1(c2ccccc2)OC(=O)c2ccccc21. The molecule has 2 aromatic carbocycles. The van der Waals surface area contributed by atoms with Crippen LogP contribution in [0, 0.1) is 0 Å². The van der Waals surface area contributed by atoms with Crippen molar-refractivity contribution in [2.24, 2.45) is 0 Å². The number of fused-ring (bicyclic) bond motifs is 1. The van der Waals surface area contributed by atoms with Crippen LogP contribution in [0.5, 0.6) is 0 Å². The average molecular weight is 298 g/mol. The molecule has 1 atom stereocenters. The monoisotopic (exact) mass is 298 g/mol. The van der Waals surface area contributed by atoms with Crippen LogP contribution in [0.3, 0.4) is 0 Å². The molecule has 0 saturated heterocycles. The Morgan fingerprint density at radius 2 is 1.77 bits per heavy atom. The Morgan fingerprint density at radius 1 is 1.05 bits per heavy atom. The molecule has 0 saturated carbocycles. The maximum atomic E-state index is 12.2. The van der Waals surface area contributed by atoms with E-state index in [0.717, 1.165) is 18.4 Å². The highest BCUT2D eigenvalue weighted by molar-refractivity contribution is 5.95. The standard InChI is InChI=1S/C18H18O4/c1-2-3-13-20-22-18(14-9-5-4-6-10-14)16-12-8-7-11-15(16)17(19)21-18/h4-12H,2-3,13H2,1H3. The normalized spacial score (nSPS) is 19.8. The Kier molecular flexibility index (Phi) is 4.22. The lowest BCUT2D eigenvalue weighted by Gasteiger charge is -2.27. The number of benzene rings is 2. The minimum absolute atomic E-state index is 0.404. The second-order valence-corrected chi connectivity index (χ2v) is 5.18. The lowest BCUT2D eigenvalue weighted by molar-refractivity contribution is -0.406. The van der Waals surface area contributed by atoms with Crippen molar-refractivity contribution in [3.8, 4) is 0 Å². The molecule has 3 rings (SSSR count). The van der Waals surface area contributed by atoms with E-state index in [1.54, 1.807) is 12.1 Å². The number of ether oxygens (including phenoxy) is 1. The van der Waals surface area contributed by atoms with E-state index in [0.29, 0.717) is 17.7 Å². The van der Waals surface area contributed by atoms with Crippen molar-refractivity contribution in [2.45, 2.75) is 25.6 Å². The lowest BCUT2D eigenvalue weighted by atomic mass is 9.96. The molecule has 0 spiro atoms. The zero-order valence-corrected chi connectivity index (χ0v) is 12.5. The van der Waals surface area contributed by atoms with Crippen LogP contribution in [0.2, 0.25) is 0 Å². The first kappa shape index (κ1) is 14.8. The summed E-state index contributed by atoms with van der Waals surface area (Å²) in [5, 5.41) is 0. The molecule has 4 heteroatoms. The van der Waals surface area contributed by atoms with E-state index in [1.807, 2.05) is 42.5 Å². The van der Waals surface area contributed by atoms with E-state index in [-0.39, 0.29) is 0 Å². The second kappa shape index (κ2) is 6.30. The van der Waals surface area contributed by atoms with Crippen LogP contribution in [0.25, 0.3) is 0 Å². The minimum Gasteiger partial charge on any atom is -0.418 e. The summed E-state index contributed by atoms with van der Waals surface area (Å²) in [5.74, 6) is -1.73. The molecule has 0 radical (unpaired) electrons. The zero-order valence-electron chi connectivity index (χ0n) is 12.5. The molecule has 0 bridgehead atoms. The van der Waals surface area contributed by atoms with Crippen LogP contribution in [0.4, 0.5) is 0 Å². The first-order valence-corrected chi connectivity index (χ1v) is 7.47. The molecule has 1 aliphatic heterocycles. The Balaban J connectivity index is 2.00. The predicted octanol–water partition coefficient (Wildman–Crippen LogP) is 3.81. The quantitative estimate of drug-likeness (QED) is 0.352. The van der Waals surface area contributed by atoms with Gasteiger partial charge in [0, 0.05) is 11.1 Å². The van der Waals surface area contributed by atoms with Gasteiger partial charge in [-0.25, -0.2) is 9.68 Å². The molecule has 4 nitrogen and oxygen atoms in total. The topological polar surface area (TPSA) is 44.8 Å². The lowest BCUT2D eigenvalue weighted by Crippen LogP contribution is -2.31. The number of unbranched alkanes of at least 4 members (excludes halogenated alkanes) is 1. The van der Waals surface area contributed by atoms with E-state index in [1.165, 1.54) is 0 Å². The maximum absolute atomic E-state index is 12.2. The highest BCUT2D eigenvalue weighted by Gasteiger charge is 2.49. The largest absolute Gasteiger partial charge is 0.418 e. The van der Waals surface area contributed by atoms with Crippen LogP contribution >= 0.6 is 0 Å². The van der Waals surface area contributed by atoms with Gasteiger partial charge in [-0.1, -0.05) is 61.9 Å². The van der Waals surface area contributed by atoms with Crippen molar-refractivity contribution in [1.29, 1.82) is 0 Å². The Bertz CT molecular complexity index is 653.